The number of carbonyl (C=O) groups excluding carboxylic acids is 5. The van der Waals surface area contributed by atoms with Gasteiger partial charge < -0.3 is 5.11 Å². The number of imide groups is 1. The Labute approximate surface area is 335 Å². The smallest absolute Gasteiger partial charge is 0.238 e. The summed E-state index contributed by atoms with van der Waals surface area (Å²) in [5, 5.41) is 13.6. The minimum absolute atomic E-state index is 0.0138. The summed E-state index contributed by atoms with van der Waals surface area (Å²) in [6, 6.07) is 45.1. The summed E-state index contributed by atoms with van der Waals surface area (Å²) in [5.74, 6) is -5.27. The van der Waals surface area contributed by atoms with Crippen LogP contribution in [0.4, 0.5) is 5.69 Å². The summed E-state index contributed by atoms with van der Waals surface area (Å²) in [6.45, 7) is 0. The summed E-state index contributed by atoms with van der Waals surface area (Å²) >= 11 is 0. The Morgan fingerprint density at radius 3 is 2.02 bits per heavy atom. The van der Waals surface area contributed by atoms with Gasteiger partial charge in [0.05, 0.1) is 22.9 Å². The lowest BCUT2D eigenvalue weighted by Crippen LogP contribution is -2.58. The largest absolute Gasteiger partial charge is 0.508 e. The van der Waals surface area contributed by atoms with E-state index in [0.717, 1.165) is 16.3 Å². The minimum Gasteiger partial charge on any atom is -0.508 e. The molecule has 1 heterocycles. The average Bonchev–Trinajstić information content (AvgIpc) is 3.53. The van der Waals surface area contributed by atoms with E-state index >= 15 is 9.59 Å². The summed E-state index contributed by atoms with van der Waals surface area (Å²) in [4.78, 5) is 74.5. The van der Waals surface area contributed by atoms with Crippen molar-refractivity contribution in [2.24, 2.45) is 23.7 Å². The molecule has 1 aliphatic heterocycles. The summed E-state index contributed by atoms with van der Waals surface area (Å²) in [7, 11) is 0. The lowest BCUT2D eigenvalue weighted by molar-refractivity contribution is -0.135. The van der Waals surface area contributed by atoms with Gasteiger partial charge in [-0.15, -0.1) is 0 Å². The molecule has 282 valence electrons. The van der Waals surface area contributed by atoms with Crippen molar-refractivity contribution in [3.8, 4) is 5.75 Å². The Balaban J connectivity index is 1.14. The number of allylic oxidation sites excluding steroid dienone is 4. The fraction of sp³-hybridized carbons (Fsp3) is 0.157. The van der Waals surface area contributed by atoms with Gasteiger partial charge in [-0.05, 0) is 77.1 Å². The van der Waals surface area contributed by atoms with Gasteiger partial charge in [-0.1, -0.05) is 133 Å². The molecule has 0 unspecified atom stereocenters. The third-order valence-corrected chi connectivity index (χ3v) is 13.0. The maximum atomic E-state index is 15.4. The number of rotatable bonds is 6. The molecule has 1 saturated carbocycles. The molecule has 6 aromatic carbocycles. The number of phenols is 1. The maximum Gasteiger partial charge on any atom is 0.238 e. The molecule has 0 bridgehead atoms. The number of Topliss-reactive ketones (excluding diaryl/α,β-unsaturated/α-hetero) is 1. The van der Waals surface area contributed by atoms with Crippen molar-refractivity contribution in [1.82, 2.24) is 0 Å². The zero-order chi connectivity index (χ0) is 39.7. The van der Waals surface area contributed by atoms with Crippen LogP contribution in [-0.2, 0) is 24.6 Å². The van der Waals surface area contributed by atoms with Crippen LogP contribution in [0.25, 0.3) is 16.3 Å². The monoisotopic (exact) mass is 759 g/mol. The van der Waals surface area contributed by atoms with Crippen molar-refractivity contribution < 1.29 is 29.1 Å². The molecule has 58 heavy (non-hydrogen) atoms. The normalized spacial score (nSPS) is 25.1. The van der Waals surface area contributed by atoms with E-state index < -0.39 is 35.0 Å². The second-order valence-corrected chi connectivity index (χ2v) is 15.8. The van der Waals surface area contributed by atoms with Crippen LogP contribution in [0.5, 0.6) is 5.75 Å². The number of anilines is 1. The molecule has 1 N–H and O–H groups in total. The number of ketones is 3. The van der Waals surface area contributed by atoms with Crippen molar-refractivity contribution in [2.45, 2.75) is 24.2 Å². The number of hydrogen-bond donors (Lipinski definition) is 1. The topological polar surface area (TPSA) is 109 Å². The highest BCUT2D eigenvalue weighted by Gasteiger charge is 2.66. The highest BCUT2D eigenvalue weighted by atomic mass is 16.3. The fourth-order valence-electron chi connectivity index (χ4n) is 10.5. The standard InChI is InChI=1S/C51H37NO6/c53-42-27-22-31-14-10-11-19-36(31)45(42)46-37-25-26-38-44(50(58)52(49(38)57)35-23-20-33(21-24-35)47(55)32-15-6-2-7-16-32)40(37)28-41-48(56)39(30-12-4-1-5-13-30)29-43(54)51(41,46)34-17-8-3-9-18-34/h1-25,27,29,38,40-41,44,46,53H,26,28H2/t38-,40+,41-,44-,46+,51-/m0/s1. The van der Waals surface area contributed by atoms with Crippen LogP contribution >= 0.6 is 0 Å². The number of carbonyl (C=O) groups is 5. The van der Waals surface area contributed by atoms with Crippen LogP contribution < -0.4 is 4.90 Å². The molecule has 0 spiro atoms. The molecule has 6 aromatic rings. The Hall–Kier alpha value is -6.99. The van der Waals surface area contributed by atoms with Gasteiger partial charge in [-0.25, -0.2) is 0 Å². The van der Waals surface area contributed by atoms with E-state index in [1.54, 1.807) is 54.6 Å². The van der Waals surface area contributed by atoms with Gasteiger partial charge >= 0.3 is 0 Å². The van der Waals surface area contributed by atoms with E-state index in [1.807, 2.05) is 103 Å². The molecule has 0 radical (unpaired) electrons. The number of amides is 2. The van der Waals surface area contributed by atoms with Gasteiger partial charge in [-0.3, -0.25) is 28.9 Å². The van der Waals surface area contributed by atoms with Crippen LogP contribution in [0, 0.1) is 23.7 Å². The Kier molecular flexibility index (Phi) is 8.30. The van der Waals surface area contributed by atoms with Gasteiger partial charge in [0.25, 0.3) is 0 Å². The van der Waals surface area contributed by atoms with E-state index in [9.17, 15) is 19.5 Å². The Morgan fingerprint density at radius 1 is 0.655 bits per heavy atom. The second kappa shape index (κ2) is 13.6. The lowest BCUT2D eigenvalue weighted by Gasteiger charge is -2.55. The first-order chi connectivity index (χ1) is 28.3. The highest BCUT2D eigenvalue weighted by molar-refractivity contribution is 6.32. The van der Waals surface area contributed by atoms with Crippen molar-refractivity contribution in [2.75, 3.05) is 4.90 Å². The number of phenolic OH excluding ortho intramolecular Hbond substituents is 1. The van der Waals surface area contributed by atoms with E-state index in [1.165, 1.54) is 11.0 Å². The lowest BCUT2D eigenvalue weighted by atomic mass is 9.44. The van der Waals surface area contributed by atoms with Gasteiger partial charge in [0, 0.05) is 34.1 Å². The van der Waals surface area contributed by atoms with E-state index in [2.05, 4.69) is 0 Å². The van der Waals surface area contributed by atoms with Crippen molar-refractivity contribution in [1.29, 1.82) is 0 Å². The molecule has 7 nitrogen and oxygen atoms in total. The SMILES string of the molecule is O=C(c1ccccc1)c1ccc(N2C(=O)[C@H]3[C@H](CC=C4[C@H]3C[C@H]3C(=O)C(c5ccccc5)=CC(=O)[C@@]3(c3ccccc3)[C@H]4c3c(O)ccc4ccccc34)C2=O)cc1. The Morgan fingerprint density at radius 2 is 1.29 bits per heavy atom. The van der Waals surface area contributed by atoms with Gasteiger partial charge in [0.2, 0.25) is 11.8 Å². The molecule has 10 rings (SSSR count). The molecule has 4 aliphatic rings. The quantitative estimate of drug-likeness (QED) is 0.103. The predicted molar refractivity (Wildman–Crippen MR) is 221 cm³/mol. The zero-order valence-corrected chi connectivity index (χ0v) is 31.3. The number of benzene rings is 6. The van der Waals surface area contributed by atoms with Crippen LogP contribution in [0.15, 0.2) is 169 Å². The summed E-state index contributed by atoms with van der Waals surface area (Å²) in [6.07, 6.45) is 3.88. The van der Waals surface area contributed by atoms with E-state index in [4.69, 9.17) is 0 Å². The van der Waals surface area contributed by atoms with Crippen molar-refractivity contribution >= 4 is 51.2 Å². The van der Waals surface area contributed by atoms with Crippen LogP contribution in [0.2, 0.25) is 0 Å². The van der Waals surface area contributed by atoms with E-state index in [0.29, 0.717) is 39.1 Å². The summed E-state index contributed by atoms with van der Waals surface area (Å²) in [5.41, 5.74) is 2.74. The van der Waals surface area contributed by atoms with Crippen LogP contribution in [0.3, 0.4) is 0 Å². The third kappa shape index (κ3) is 5.16. The predicted octanol–water partition coefficient (Wildman–Crippen LogP) is 8.81. The van der Waals surface area contributed by atoms with Crippen LogP contribution in [0.1, 0.15) is 51.4 Å². The molecule has 2 fully saturated rings. The van der Waals surface area contributed by atoms with Crippen molar-refractivity contribution in [3.63, 3.8) is 0 Å². The molecule has 2 amide bonds. The van der Waals surface area contributed by atoms with Crippen LogP contribution in [-0.4, -0.2) is 34.3 Å². The average molecular weight is 760 g/mol. The number of fused-ring (bicyclic) bond motifs is 5. The number of aromatic hydroxyl groups is 1. The maximum absolute atomic E-state index is 15.4. The second-order valence-electron chi connectivity index (χ2n) is 15.8. The minimum atomic E-state index is -1.47. The molecule has 7 heteroatoms. The first kappa shape index (κ1) is 35.4. The molecule has 0 aromatic heterocycles. The first-order valence-corrected chi connectivity index (χ1v) is 19.7. The molecule has 6 atom stereocenters. The molecule has 3 aliphatic carbocycles. The van der Waals surface area contributed by atoms with Crippen molar-refractivity contribution in [3.05, 3.63) is 197 Å². The number of nitrogens with zero attached hydrogens (tertiary/aromatic N) is 1. The molecule has 1 saturated heterocycles. The first-order valence-electron chi connectivity index (χ1n) is 19.7. The van der Waals surface area contributed by atoms with Gasteiger partial charge in [-0.2, -0.15) is 0 Å². The van der Waals surface area contributed by atoms with Gasteiger partial charge in [0.1, 0.15) is 5.75 Å². The van der Waals surface area contributed by atoms with E-state index in [-0.39, 0.29) is 47.8 Å². The Bertz CT molecular complexity index is 2760. The molecular formula is C51H37NO6. The summed E-state index contributed by atoms with van der Waals surface area (Å²) < 4.78 is 0. The zero-order valence-electron chi connectivity index (χ0n) is 31.3. The molecular weight excluding hydrogens is 723 g/mol. The van der Waals surface area contributed by atoms with Gasteiger partial charge in [0.15, 0.2) is 17.3 Å². The fourth-order valence-corrected chi connectivity index (χ4v) is 10.5. The number of hydrogen-bond acceptors (Lipinski definition) is 6. The highest BCUT2D eigenvalue weighted by Crippen LogP contribution is 2.65. The third-order valence-electron chi connectivity index (χ3n) is 13.0.